The van der Waals surface area contributed by atoms with Gasteiger partial charge < -0.3 is 9.84 Å². The molecule has 1 N–H and O–H groups in total. The van der Waals surface area contributed by atoms with Crippen LogP contribution < -0.4 is 0 Å². The SMILES string of the molecule is CC(=S)OC(C)C(C)O. The summed E-state index contributed by atoms with van der Waals surface area (Å²) in [7, 11) is 0. The quantitative estimate of drug-likeness (QED) is 0.595. The molecule has 2 atom stereocenters. The Morgan fingerprint density at radius 2 is 2.00 bits per heavy atom. The lowest BCUT2D eigenvalue weighted by atomic mass is 10.3. The lowest BCUT2D eigenvalue weighted by Crippen LogP contribution is -2.23. The minimum atomic E-state index is -0.456. The molecule has 0 rings (SSSR count). The molecular formula is C6H12O2S. The molecular weight excluding hydrogens is 136 g/mol. The van der Waals surface area contributed by atoms with E-state index < -0.39 is 6.10 Å². The van der Waals surface area contributed by atoms with Crippen molar-refractivity contribution in [2.24, 2.45) is 0 Å². The average Bonchev–Trinajstić information content (AvgIpc) is 1.63. The molecule has 54 valence electrons. The first-order valence-electron chi connectivity index (χ1n) is 2.89. The molecule has 0 spiro atoms. The van der Waals surface area contributed by atoms with Gasteiger partial charge in [0.05, 0.1) is 6.10 Å². The van der Waals surface area contributed by atoms with Crippen LogP contribution in [0.2, 0.25) is 0 Å². The second kappa shape index (κ2) is 3.80. The van der Waals surface area contributed by atoms with Crippen molar-refractivity contribution in [2.45, 2.75) is 33.0 Å². The van der Waals surface area contributed by atoms with Crippen molar-refractivity contribution in [1.29, 1.82) is 0 Å². The van der Waals surface area contributed by atoms with E-state index in [9.17, 15) is 0 Å². The van der Waals surface area contributed by atoms with E-state index in [4.69, 9.17) is 9.84 Å². The summed E-state index contributed by atoms with van der Waals surface area (Å²) < 4.78 is 4.99. The molecule has 0 aromatic rings. The highest BCUT2D eigenvalue weighted by molar-refractivity contribution is 7.80. The molecule has 2 nitrogen and oxygen atoms in total. The Hall–Kier alpha value is -0.150. The normalized spacial score (nSPS) is 16.4. The lowest BCUT2D eigenvalue weighted by Gasteiger charge is -2.15. The van der Waals surface area contributed by atoms with Crippen molar-refractivity contribution in [3.05, 3.63) is 0 Å². The predicted octanol–water partition coefficient (Wildman–Crippen LogP) is 1.12. The molecule has 0 saturated carbocycles. The second-order valence-electron chi connectivity index (χ2n) is 2.06. The van der Waals surface area contributed by atoms with E-state index in [1.807, 2.05) is 0 Å². The Kier molecular flexibility index (Phi) is 3.73. The molecule has 0 aromatic carbocycles. The Bertz CT molecular complexity index is 101. The molecule has 2 unspecified atom stereocenters. The van der Waals surface area contributed by atoms with Gasteiger partial charge in [-0.15, -0.1) is 0 Å². The van der Waals surface area contributed by atoms with E-state index in [1.54, 1.807) is 20.8 Å². The van der Waals surface area contributed by atoms with Gasteiger partial charge in [-0.3, -0.25) is 0 Å². The molecule has 0 aliphatic heterocycles. The van der Waals surface area contributed by atoms with Gasteiger partial charge in [-0.05, 0) is 26.1 Å². The van der Waals surface area contributed by atoms with E-state index in [1.165, 1.54) is 0 Å². The maximum absolute atomic E-state index is 8.89. The summed E-state index contributed by atoms with van der Waals surface area (Å²) in [6, 6.07) is 0. The van der Waals surface area contributed by atoms with Crippen molar-refractivity contribution in [1.82, 2.24) is 0 Å². The van der Waals surface area contributed by atoms with Crippen LogP contribution in [-0.2, 0) is 4.74 Å². The number of aliphatic hydroxyl groups excluding tert-OH is 1. The summed E-state index contributed by atoms with van der Waals surface area (Å²) in [5.74, 6) is 0. The van der Waals surface area contributed by atoms with E-state index >= 15 is 0 Å². The molecule has 0 radical (unpaired) electrons. The molecule has 0 fully saturated rings. The van der Waals surface area contributed by atoms with Gasteiger partial charge in [0.25, 0.3) is 0 Å². The third-order valence-electron chi connectivity index (χ3n) is 1.03. The van der Waals surface area contributed by atoms with Crippen LogP contribution in [0.25, 0.3) is 0 Å². The van der Waals surface area contributed by atoms with E-state index in [-0.39, 0.29) is 6.10 Å². The zero-order chi connectivity index (χ0) is 7.44. The van der Waals surface area contributed by atoms with E-state index in [0.29, 0.717) is 5.05 Å². The zero-order valence-corrected chi connectivity index (χ0v) is 6.73. The Labute approximate surface area is 60.8 Å². The van der Waals surface area contributed by atoms with Crippen molar-refractivity contribution < 1.29 is 9.84 Å². The Morgan fingerprint density at radius 3 is 2.11 bits per heavy atom. The van der Waals surface area contributed by atoms with Crippen LogP contribution in [0.3, 0.4) is 0 Å². The molecule has 9 heavy (non-hydrogen) atoms. The standard InChI is InChI=1S/C6H12O2S/c1-4(7)5(2)8-6(3)9/h4-5,7H,1-3H3. The predicted molar refractivity (Wildman–Crippen MR) is 40.5 cm³/mol. The molecule has 0 bridgehead atoms. The minimum absolute atomic E-state index is 0.192. The van der Waals surface area contributed by atoms with Gasteiger partial charge in [-0.1, -0.05) is 0 Å². The number of hydrogen-bond donors (Lipinski definition) is 1. The van der Waals surface area contributed by atoms with Gasteiger partial charge in [0.2, 0.25) is 0 Å². The average molecular weight is 148 g/mol. The maximum Gasteiger partial charge on any atom is 0.157 e. The number of ether oxygens (including phenoxy) is 1. The van der Waals surface area contributed by atoms with Crippen molar-refractivity contribution in [3.63, 3.8) is 0 Å². The topological polar surface area (TPSA) is 29.5 Å². The molecule has 0 aliphatic carbocycles. The summed E-state index contributed by atoms with van der Waals surface area (Å²) in [5.41, 5.74) is 0. The van der Waals surface area contributed by atoms with Gasteiger partial charge in [-0.2, -0.15) is 0 Å². The van der Waals surface area contributed by atoms with Crippen LogP contribution in [0, 0.1) is 0 Å². The Morgan fingerprint density at radius 1 is 1.56 bits per heavy atom. The maximum atomic E-state index is 8.89. The number of thiocarbonyl (C=S) groups is 1. The molecule has 0 amide bonds. The minimum Gasteiger partial charge on any atom is -0.482 e. The van der Waals surface area contributed by atoms with Gasteiger partial charge in [0, 0.05) is 6.92 Å². The van der Waals surface area contributed by atoms with Gasteiger partial charge in [0.15, 0.2) is 5.05 Å². The van der Waals surface area contributed by atoms with Crippen LogP contribution in [0.5, 0.6) is 0 Å². The summed E-state index contributed by atoms with van der Waals surface area (Å²) >= 11 is 4.66. The molecule has 0 heterocycles. The summed E-state index contributed by atoms with van der Waals surface area (Å²) in [6.07, 6.45) is -0.648. The van der Waals surface area contributed by atoms with Gasteiger partial charge in [0.1, 0.15) is 6.10 Å². The molecule has 0 saturated heterocycles. The van der Waals surface area contributed by atoms with Crippen LogP contribution in [0.1, 0.15) is 20.8 Å². The van der Waals surface area contributed by atoms with Crippen LogP contribution >= 0.6 is 12.2 Å². The van der Waals surface area contributed by atoms with Crippen molar-refractivity contribution in [3.8, 4) is 0 Å². The van der Waals surface area contributed by atoms with Crippen LogP contribution in [0.15, 0.2) is 0 Å². The third kappa shape index (κ3) is 4.36. The molecule has 3 heteroatoms. The van der Waals surface area contributed by atoms with E-state index in [2.05, 4.69) is 12.2 Å². The van der Waals surface area contributed by atoms with Gasteiger partial charge >= 0.3 is 0 Å². The molecule has 0 aromatic heterocycles. The number of rotatable bonds is 2. The Balaban J connectivity index is 3.50. The van der Waals surface area contributed by atoms with Crippen molar-refractivity contribution in [2.75, 3.05) is 0 Å². The molecule has 0 aliphatic rings. The fraction of sp³-hybridized carbons (Fsp3) is 0.833. The first kappa shape index (κ1) is 8.85. The summed E-state index contributed by atoms with van der Waals surface area (Å²) in [6.45, 7) is 5.14. The monoisotopic (exact) mass is 148 g/mol. The second-order valence-corrected chi connectivity index (χ2v) is 2.63. The smallest absolute Gasteiger partial charge is 0.157 e. The summed E-state index contributed by atoms with van der Waals surface area (Å²) in [5, 5.41) is 9.36. The fourth-order valence-electron chi connectivity index (χ4n) is 0.360. The van der Waals surface area contributed by atoms with Crippen LogP contribution in [0.4, 0.5) is 0 Å². The van der Waals surface area contributed by atoms with Crippen LogP contribution in [-0.4, -0.2) is 22.4 Å². The fourth-order valence-corrected chi connectivity index (χ4v) is 0.512. The number of aliphatic hydroxyl groups is 1. The highest BCUT2D eigenvalue weighted by atomic mass is 32.1. The van der Waals surface area contributed by atoms with Gasteiger partial charge in [-0.25, -0.2) is 0 Å². The number of hydrogen-bond acceptors (Lipinski definition) is 3. The lowest BCUT2D eigenvalue weighted by molar-refractivity contribution is 0.0546. The first-order chi connectivity index (χ1) is 4.04. The zero-order valence-electron chi connectivity index (χ0n) is 5.92. The highest BCUT2D eigenvalue weighted by Crippen LogP contribution is 1.97. The summed E-state index contributed by atoms with van der Waals surface area (Å²) in [4.78, 5) is 0. The third-order valence-corrected chi connectivity index (χ3v) is 1.13. The highest BCUT2D eigenvalue weighted by Gasteiger charge is 2.08. The van der Waals surface area contributed by atoms with Crippen molar-refractivity contribution >= 4 is 17.3 Å². The first-order valence-corrected chi connectivity index (χ1v) is 3.30. The largest absolute Gasteiger partial charge is 0.482 e. The van der Waals surface area contributed by atoms with E-state index in [0.717, 1.165) is 0 Å².